The van der Waals surface area contributed by atoms with Crippen LogP contribution < -0.4 is 4.74 Å². The van der Waals surface area contributed by atoms with Gasteiger partial charge in [0.05, 0.1) is 10.0 Å². The second-order valence-electron chi connectivity index (χ2n) is 3.00. The molecular formula is C9H4Cl2F5O. The average molecular weight is 294 g/mol. The third-order valence-electron chi connectivity index (χ3n) is 1.61. The molecule has 17 heavy (non-hydrogen) atoms. The molecule has 0 fully saturated rings. The fraction of sp³-hybridized carbons (Fsp3) is 0.333. The normalized spacial score (nSPS) is 12.6. The summed E-state index contributed by atoms with van der Waals surface area (Å²) < 4.78 is 64.7. The molecule has 1 aromatic rings. The minimum Gasteiger partial charge on any atom is -0.487 e. The maximum absolute atomic E-state index is 12.5. The number of ether oxygens (including phenoxy) is 1. The molecule has 0 amide bonds. The number of hydrogen-bond acceptors (Lipinski definition) is 1. The Morgan fingerprint density at radius 2 is 1.53 bits per heavy atom. The lowest BCUT2D eigenvalue weighted by Crippen LogP contribution is -2.41. The highest BCUT2D eigenvalue weighted by molar-refractivity contribution is 6.34. The van der Waals surface area contributed by atoms with E-state index in [9.17, 15) is 22.0 Å². The summed E-state index contributed by atoms with van der Waals surface area (Å²) in [6.07, 6.45) is -5.67. The first-order valence-corrected chi connectivity index (χ1v) is 4.83. The van der Waals surface area contributed by atoms with Crippen LogP contribution in [0.3, 0.4) is 0 Å². The van der Waals surface area contributed by atoms with Crippen molar-refractivity contribution in [2.75, 3.05) is 6.61 Å². The number of alkyl halides is 5. The Hall–Kier alpha value is -0.750. The van der Waals surface area contributed by atoms with Crippen molar-refractivity contribution in [3.63, 3.8) is 0 Å². The maximum atomic E-state index is 12.5. The van der Waals surface area contributed by atoms with E-state index in [1.54, 1.807) is 0 Å². The largest absolute Gasteiger partial charge is 0.487 e. The van der Waals surface area contributed by atoms with E-state index in [1.807, 2.05) is 0 Å². The summed E-state index contributed by atoms with van der Waals surface area (Å²) in [4.78, 5) is 0. The van der Waals surface area contributed by atoms with Crippen LogP contribution in [0.15, 0.2) is 12.1 Å². The second-order valence-corrected chi connectivity index (χ2v) is 3.82. The smallest absolute Gasteiger partial charge is 0.456 e. The van der Waals surface area contributed by atoms with Crippen LogP contribution in [-0.2, 0) is 0 Å². The quantitative estimate of drug-likeness (QED) is 0.752. The molecule has 8 heteroatoms. The van der Waals surface area contributed by atoms with Crippen LogP contribution in [-0.4, -0.2) is 18.7 Å². The average Bonchev–Trinajstić information content (AvgIpc) is 2.11. The minimum absolute atomic E-state index is 0.0529. The van der Waals surface area contributed by atoms with E-state index in [0.717, 1.165) is 12.1 Å². The Kier molecular flexibility index (Phi) is 4.09. The fourth-order valence-corrected chi connectivity index (χ4v) is 1.28. The Bertz CT molecular complexity index is 385. The first-order chi connectivity index (χ1) is 7.62. The van der Waals surface area contributed by atoms with E-state index in [2.05, 4.69) is 10.8 Å². The van der Waals surface area contributed by atoms with Gasteiger partial charge in [0.15, 0.2) is 6.61 Å². The Labute approximate surface area is 103 Å². The lowest BCUT2D eigenvalue weighted by Gasteiger charge is -2.19. The van der Waals surface area contributed by atoms with E-state index in [0.29, 0.717) is 0 Å². The molecule has 0 aromatic heterocycles. The highest BCUT2D eigenvalue weighted by Gasteiger charge is 2.58. The van der Waals surface area contributed by atoms with Gasteiger partial charge in [-0.25, -0.2) is 0 Å². The molecule has 0 saturated heterocycles. The van der Waals surface area contributed by atoms with Gasteiger partial charge in [0.25, 0.3) is 0 Å². The number of rotatable bonds is 3. The number of hydrogen-bond donors (Lipinski definition) is 0. The van der Waals surface area contributed by atoms with Crippen molar-refractivity contribution in [2.45, 2.75) is 12.1 Å². The molecule has 0 aliphatic carbocycles. The molecule has 0 N–H and O–H groups in total. The molecule has 0 aliphatic rings. The molecule has 0 atom stereocenters. The molecule has 1 rings (SSSR count). The lowest BCUT2D eigenvalue weighted by molar-refractivity contribution is -0.290. The maximum Gasteiger partial charge on any atom is 0.456 e. The van der Waals surface area contributed by atoms with Crippen molar-refractivity contribution in [3.05, 3.63) is 28.2 Å². The summed E-state index contributed by atoms with van der Waals surface area (Å²) in [5.74, 6) is -5.23. The third kappa shape index (κ3) is 3.89. The topological polar surface area (TPSA) is 9.23 Å². The first kappa shape index (κ1) is 14.3. The van der Waals surface area contributed by atoms with Crippen LogP contribution >= 0.6 is 23.2 Å². The molecule has 0 bridgehead atoms. The summed E-state index contributed by atoms with van der Waals surface area (Å²) >= 11 is 10.9. The number of benzene rings is 1. The van der Waals surface area contributed by atoms with Crippen LogP contribution in [0.1, 0.15) is 0 Å². The summed E-state index contributed by atoms with van der Waals surface area (Å²) in [5.41, 5.74) is 0. The van der Waals surface area contributed by atoms with Crippen molar-refractivity contribution < 1.29 is 26.7 Å². The van der Waals surface area contributed by atoms with Crippen molar-refractivity contribution in [3.8, 4) is 5.75 Å². The molecule has 0 aliphatic heterocycles. The molecule has 0 saturated carbocycles. The number of halogens is 7. The van der Waals surface area contributed by atoms with Crippen molar-refractivity contribution in [1.29, 1.82) is 0 Å². The van der Waals surface area contributed by atoms with E-state index < -0.39 is 18.7 Å². The molecule has 0 spiro atoms. The zero-order chi connectivity index (χ0) is 13.3. The van der Waals surface area contributed by atoms with Gasteiger partial charge in [-0.05, 0) is 12.1 Å². The van der Waals surface area contributed by atoms with Crippen LogP contribution in [0, 0.1) is 6.07 Å². The Morgan fingerprint density at radius 1 is 1.06 bits per heavy atom. The zero-order valence-electron chi connectivity index (χ0n) is 7.92. The van der Waals surface area contributed by atoms with Gasteiger partial charge in [-0.1, -0.05) is 23.2 Å². The summed E-state index contributed by atoms with van der Waals surface area (Å²) in [7, 11) is 0. The van der Waals surface area contributed by atoms with E-state index in [-0.39, 0.29) is 15.8 Å². The predicted molar refractivity (Wildman–Crippen MR) is 51.8 cm³/mol. The van der Waals surface area contributed by atoms with Gasteiger partial charge in [-0.2, -0.15) is 22.0 Å². The molecule has 1 radical (unpaired) electrons. The highest BCUT2D eigenvalue weighted by Crippen LogP contribution is 2.36. The molecule has 95 valence electrons. The second kappa shape index (κ2) is 4.86. The van der Waals surface area contributed by atoms with Crippen molar-refractivity contribution >= 4 is 23.2 Å². The predicted octanol–water partition coefficient (Wildman–Crippen LogP) is 4.37. The van der Waals surface area contributed by atoms with E-state index in [1.165, 1.54) is 0 Å². The Morgan fingerprint density at radius 3 is 1.94 bits per heavy atom. The van der Waals surface area contributed by atoms with Crippen LogP contribution in [0.4, 0.5) is 22.0 Å². The molecule has 0 unspecified atom stereocenters. The van der Waals surface area contributed by atoms with Crippen molar-refractivity contribution in [2.24, 2.45) is 0 Å². The zero-order valence-corrected chi connectivity index (χ0v) is 9.43. The van der Waals surface area contributed by atoms with Crippen LogP contribution in [0.5, 0.6) is 5.75 Å². The summed E-state index contributed by atoms with van der Waals surface area (Å²) in [6, 6.07) is 4.43. The van der Waals surface area contributed by atoms with E-state index in [4.69, 9.17) is 23.2 Å². The lowest BCUT2D eigenvalue weighted by atomic mass is 10.3. The standard InChI is InChI=1S/C9H4Cl2F5O/c10-5-1-6(11)3-7(2-5)17-4-8(12,13)9(14,15)16/h2-3H,4H2. The Balaban J connectivity index is 2.74. The first-order valence-electron chi connectivity index (χ1n) is 4.07. The van der Waals surface area contributed by atoms with Gasteiger partial charge < -0.3 is 4.74 Å². The van der Waals surface area contributed by atoms with Gasteiger partial charge in [-0.3, -0.25) is 0 Å². The van der Waals surface area contributed by atoms with Crippen molar-refractivity contribution in [1.82, 2.24) is 0 Å². The molecule has 0 heterocycles. The van der Waals surface area contributed by atoms with Gasteiger partial charge >= 0.3 is 12.1 Å². The van der Waals surface area contributed by atoms with Crippen LogP contribution in [0.25, 0.3) is 0 Å². The molecular weight excluding hydrogens is 290 g/mol. The monoisotopic (exact) mass is 293 g/mol. The summed E-state index contributed by atoms with van der Waals surface area (Å²) in [6.45, 7) is -1.84. The van der Waals surface area contributed by atoms with Gasteiger partial charge in [0, 0.05) is 6.07 Å². The molecule has 1 aromatic carbocycles. The SMILES string of the molecule is FC(F)(F)C(F)(F)COc1cc(Cl)[c]c(Cl)c1. The van der Waals surface area contributed by atoms with E-state index >= 15 is 0 Å². The van der Waals surface area contributed by atoms with Gasteiger partial charge in [-0.15, -0.1) is 0 Å². The highest BCUT2D eigenvalue weighted by atomic mass is 35.5. The van der Waals surface area contributed by atoms with Crippen LogP contribution in [0.2, 0.25) is 10.0 Å². The van der Waals surface area contributed by atoms with Gasteiger partial charge in [0.1, 0.15) is 5.75 Å². The minimum atomic E-state index is -5.67. The summed E-state index contributed by atoms with van der Waals surface area (Å²) in [5, 5.41) is -0.106. The third-order valence-corrected chi connectivity index (χ3v) is 2.02. The van der Waals surface area contributed by atoms with Gasteiger partial charge in [0.2, 0.25) is 0 Å². The molecule has 1 nitrogen and oxygen atoms in total. The fourth-order valence-electron chi connectivity index (χ4n) is 0.817.